The highest BCUT2D eigenvalue weighted by atomic mass is 16.6. The first-order valence-electron chi connectivity index (χ1n) is 12.6. The average Bonchev–Trinajstić information content (AvgIpc) is 3.74. The van der Waals surface area contributed by atoms with Crippen molar-refractivity contribution in [3.8, 4) is 5.75 Å². The van der Waals surface area contributed by atoms with Gasteiger partial charge >= 0.3 is 11.9 Å². The van der Waals surface area contributed by atoms with Crippen molar-refractivity contribution in [1.29, 1.82) is 0 Å². The number of aliphatic hydroxyl groups is 1. The van der Waals surface area contributed by atoms with Crippen molar-refractivity contribution in [2.24, 2.45) is 17.6 Å². The first kappa shape index (κ1) is 28.6. The van der Waals surface area contributed by atoms with Crippen LogP contribution >= 0.6 is 0 Å². The third-order valence-corrected chi connectivity index (χ3v) is 6.56. The molecule has 10 nitrogen and oxygen atoms in total. The topological polar surface area (TPSA) is 165 Å². The molecule has 5 atom stereocenters. The monoisotopic (exact) mass is 526 g/mol. The van der Waals surface area contributed by atoms with Crippen molar-refractivity contribution in [3.05, 3.63) is 65.7 Å². The van der Waals surface area contributed by atoms with Crippen molar-refractivity contribution >= 4 is 23.8 Å². The molecule has 5 unspecified atom stereocenters. The Morgan fingerprint density at radius 3 is 2.21 bits per heavy atom. The molecular formula is C28H34N2O8. The Balaban J connectivity index is 1.58. The van der Waals surface area contributed by atoms with Gasteiger partial charge in [-0.15, -0.1) is 0 Å². The van der Waals surface area contributed by atoms with Gasteiger partial charge in [-0.3, -0.25) is 14.4 Å². The molecule has 0 heterocycles. The first-order valence-corrected chi connectivity index (χ1v) is 12.6. The van der Waals surface area contributed by atoms with Crippen LogP contribution in [0.25, 0.3) is 0 Å². The van der Waals surface area contributed by atoms with Crippen LogP contribution in [0.3, 0.4) is 0 Å². The number of carbonyl (C=O) groups is 4. The highest BCUT2D eigenvalue weighted by molar-refractivity contribution is 5.99. The molecule has 0 bridgehead atoms. The van der Waals surface area contributed by atoms with Crippen LogP contribution in [0.1, 0.15) is 49.0 Å². The molecule has 2 amide bonds. The molecular weight excluding hydrogens is 492 g/mol. The number of phenolic OH excluding ortho intramolecular Hbond substituents is 1. The van der Waals surface area contributed by atoms with E-state index in [1.54, 1.807) is 0 Å². The van der Waals surface area contributed by atoms with Crippen LogP contribution in [0.15, 0.2) is 54.6 Å². The Hall–Kier alpha value is -3.92. The van der Waals surface area contributed by atoms with Gasteiger partial charge in [0.2, 0.25) is 12.0 Å². The number of carbonyl (C=O) groups excluding carboxylic acids is 4. The van der Waals surface area contributed by atoms with E-state index in [1.807, 2.05) is 30.3 Å². The van der Waals surface area contributed by atoms with Crippen LogP contribution in [-0.4, -0.2) is 58.3 Å². The Bertz CT molecular complexity index is 1130. The van der Waals surface area contributed by atoms with E-state index in [2.05, 4.69) is 5.32 Å². The number of phenols is 1. The van der Waals surface area contributed by atoms with E-state index >= 15 is 0 Å². The maximum Gasteiger partial charge on any atom is 0.348 e. The zero-order valence-electron chi connectivity index (χ0n) is 21.4. The van der Waals surface area contributed by atoms with Crippen molar-refractivity contribution in [1.82, 2.24) is 5.32 Å². The number of esters is 2. The van der Waals surface area contributed by atoms with E-state index in [-0.39, 0.29) is 17.2 Å². The van der Waals surface area contributed by atoms with E-state index < -0.39 is 54.0 Å². The molecule has 2 aromatic rings. The van der Waals surface area contributed by atoms with Gasteiger partial charge in [0.05, 0.1) is 17.6 Å². The van der Waals surface area contributed by atoms with Crippen LogP contribution < -0.4 is 11.1 Å². The summed E-state index contributed by atoms with van der Waals surface area (Å²) in [6, 6.07) is 13.9. The lowest BCUT2D eigenvalue weighted by Crippen LogP contribution is -2.52. The predicted octanol–water partition coefficient (Wildman–Crippen LogP) is 1.86. The normalized spacial score (nSPS) is 16.8. The molecule has 1 aliphatic carbocycles. The minimum Gasteiger partial charge on any atom is -0.507 e. The van der Waals surface area contributed by atoms with E-state index in [1.165, 1.54) is 38.1 Å². The van der Waals surface area contributed by atoms with Gasteiger partial charge in [-0.05, 0) is 57.2 Å². The van der Waals surface area contributed by atoms with Crippen molar-refractivity contribution < 1.29 is 38.9 Å². The number of hydrogen-bond donors (Lipinski definition) is 4. The van der Waals surface area contributed by atoms with E-state index in [0.717, 1.165) is 5.56 Å². The zero-order valence-corrected chi connectivity index (χ0v) is 21.4. The van der Waals surface area contributed by atoms with Crippen molar-refractivity contribution in [3.63, 3.8) is 0 Å². The number of nitrogens with one attached hydrogen (secondary N) is 1. The summed E-state index contributed by atoms with van der Waals surface area (Å²) in [5.41, 5.74) is 6.38. The number of rotatable bonds is 13. The molecule has 0 saturated heterocycles. The number of aliphatic hydroxyl groups excluding tert-OH is 1. The van der Waals surface area contributed by atoms with Gasteiger partial charge in [0.25, 0.3) is 5.91 Å². The molecule has 10 heteroatoms. The molecule has 2 aromatic carbocycles. The third-order valence-electron chi connectivity index (χ3n) is 6.56. The quantitative estimate of drug-likeness (QED) is 0.287. The molecule has 1 saturated carbocycles. The minimum absolute atomic E-state index is 0.0816. The van der Waals surface area contributed by atoms with Gasteiger partial charge in [0.15, 0.2) is 0 Å². The van der Waals surface area contributed by atoms with Gasteiger partial charge in [-0.1, -0.05) is 42.5 Å². The summed E-state index contributed by atoms with van der Waals surface area (Å²) in [5, 5.41) is 22.8. The summed E-state index contributed by atoms with van der Waals surface area (Å²) in [5.74, 6) is -4.74. The molecule has 1 aliphatic rings. The second-order valence-electron chi connectivity index (χ2n) is 9.59. The van der Waals surface area contributed by atoms with Crippen LogP contribution in [0.5, 0.6) is 5.75 Å². The van der Waals surface area contributed by atoms with Gasteiger partial charge in [-0.2, -0.15) is 0 Å². The third kappa shape index (κ3) is 7.79. The van der Waals surface area contributed by atoms with E-state index in [4.69, 9.17) is 15.2 Å². The summed E-state index contributed by atoms with van der Waals surface area (Å²) < 4.78 is 10.9. The smallest absolute Gasteiger partial charge is 0.348 e. The predicted molar refractivity (Wildman–Crippen MR) is 137 cm³/mol. The number of aryl methyl sites for hydroxylation is 1. The zero-order chi connectivity index (χ0) is 27.8. The Kier molecular flexibility index (Phi) is 9.84. The molecule has 38 heavy (non-hydrogen) atoms. The lowest BCUT2D eigenvalue weighted by Gasteiger charge is -2.26. The molecule has 5 N–H and O–H groups in total. The van der Waals surface area contributed by atoms with E-state index in [0.29, 0.717) is 25.7 Å². The fourth-order valence-corrected chi connectivity index (χ4v) is 3.96. The molecule has 0 spiro atoms. The molecule has 0 aromatic heterocycles. The number of primary amides is 1. The second-order valence-corrected chi connectivity index (χ2v) is 9.59. The number of para-hydroxylation sites is 1. The maximum absolute atomic E-state index is 12.9. The summed E-state index contributed by atoms with van der Waals surface area (Å²) in [6.45, 7) is 2.91. The van der Waals surface area contributed by atoms with Crippen molar-refractivity contribution in [2.45, 2.75) is 63.9 Å². The lowest BCUT2D eigenvalue weighted by atomic mass is 9.98. The highest BCUT2D eigenvalue weighted by Gasteiger charge is 2.43. The number of hydrogen-bond acceptors (Lipinski definition) is 8. The Morgan fingerprint density at radius 2 is 1.61 bits per heavy atom. The molecule has 1 fully saturated rings. The van der Waals surface area contributed by atoms with E-state index in [9.17, 15) is 29.4 Å². The number of nitrogens with two attached hydrogens (primary N) is 1. The van der Waals surface area contributed by atoms with Gasteiger partial charge < -0.3 is 30.7 Å². The summed E-state index contributed by atoms with van der Waals surface area (Å²) in [4.78, 5) is 50.3. The largest absolute Gasteiger partial charge is 0.507 e. The van der Waals surface area contributed by atoms with Gasteiger partial charge in [0, 0.05) is 5.92 Å². The van der Waals surface area contributed by atoms with Crippen LogP contribution in [0, 0.1) is 11.8 Å². The molecule has 204 valence electrons. The number of amides is 2. The fourth-order valence-electron chi connectivity index (χ4n) is 3.96. The SMILES string of the molecule is CC(OC(=O)C(OC(=O)C(C)C(O)CCc1ccccc1)C1CC1)C(NC(=O)c1ccccc1O)C(N)=O. The lowest BCUT2D eigenvalue weighted by molar-refractivity contribution is -0.177. The molecule has 3 rings (SSSR count). The van der Waals surface area contributed by atoms with Crippen LogP contribution in [0.2, 0.25) is 0 Å². The number of benzene rings is 2. The first-order chi connectivity index (χ1) is 18.1. The summed E-state index contributed by atoms with van der Waals surface area (Å²) >= 11 is 0. The highest BCUT2D eigenvalue weighted by Crippen LogP contribution is 2.36. The summed E-state index contributed by atoms with van der Waals surface area (Å²) in [6.07, 6.45) is -1.16. The summed E-state index contributed by atoms with van der Waals surface area (Å²) in [7, 11) is 0. The molecule has 0 aliphatic heterocycles. The van der Waals surface area contributed by atoms with Crippen LogP contribution in [0.4, 0.5) is 0 Å². The Labute approximate surface area is 221 Å². The number of aromatic hydroxyl groups is 1. The fraction of sp³-hybridized carbons (Fsp3) is 0.429. The molecule has 0 radical (unpaired) electrons. The van der Waals surface area contributed by atoms with Crippen molar-refractivity contribution in [2.75, 3.05) is 0 Å². The van der Waals surface area contributed by atoms with Gasteiger partial charge in [-0.25, -0.2) is 4.79 Å². The standard InChI is InChI=1S/C28H34N2O8/c1-16(21(31)15-12-18-8-4-3-5-9-18)27(35)38-24(19-13-14-19)28(36)37-17(2)23(25(29)33)30-26(34)20-10-6-7-11-22(20)32/h3-11,16-17,19,21,23-24,31-32H,12-15H2,1-2H3,(H2,29,33)(H,30,34). The average molecular weight is 527 g/mol. The van der Waals surface area contributed by atoms with Gasteiger partial charge in [0.1, 0.15) is 17.9 Å². The van der Waals surface area contributed by atoms with Crippen LogP contribution in [-0.2, 0) is 30.3 Å². The Morgan fingerprint density at radius 1 is 0.974 bits per heavy atom. The maximum atomic E-state index is 12.9. The number of ether oxygens (including phenoxy) is 2. The second kappa shape index (κ2) is 13.0. The minimum atomic E-state index is -1.40.